The van der Waals surface area contributed by atoms with Crippen LogP contribution >= 0.6 is 0 Å². The molecule has 0 spiro atoms. The van der Waals surface area contributed by atoms with Crippen LogP contribution in [0.2, 0.25) is 0 Å². The molecule has 0 fully saturated rings. The van der Waals surface area contributed by atoms with Gasteiger partial charge in [0.2, 0.25) is 0 Å². The van der Waals surface area contributed by atoms with E-state index in [4.69, 9.17) is 5.11 Å². The molecule has 3 aromatic carbocycles. The Kier molecular flexibility index (Phi) is 2.38. The first-order valence-electron chi connectivity index (χ1n) is 5.56. The van der Waals surface area contributed by atoms with Gasteiger partial charge in [-0.25, -0.2) is 4.79 Å². The Bertz CT molecular complexity index is 747. The maximum Gasteiger partial charge on any atom is 0.511 e. The van der Waals surface area contributed by atoms with Gasteiger partial charge in [-0.2, -0.15) is 0 Å². The molecule has 0 atom stereocenters. The quantitative estimate of drug-likeness (QED) is 0.395. The van der Waals surface area contributed by atoms with Crippen molar-refractivity contribution in [2.24, 2.45) is 0 Å². The molecule has 0 heterocycles. The fourth-order valence-electron chi connectivity index (χ4n) is 2.08. The lowest BCUT2D eigenvalue weighted by Crippen LogP contribution is -2.02. The number of ether oxygens (including phenoxy) is 1. The van der Waals surface area contributed by atoms with Crippen molar-refractivity contribution in [1.82, 2.24) is 0 Å². The van der Waals surface area contributed by atoms with E-state index in [0.29, 0.717) is 5.75 Å². The predicted molar refractivity (Wildman–Crippen MR) is 70.1 cm³/mol. The van der Waals surface area contributed by atoms with Crippen molar-refractivity contribution < 1.29 is 14.6 Å². The minimum Gasteiger partial charge on any atom is -0.449 e. The van der Waals surface area contributed by atoms with Gasteiger partial charge in [-0.1, -0.05) is 30.3 Å². The van der Waals surface area contributed by atoms with Crippen LogP contribution in [0.1, 0.15) is 0 Å². The average molecular weight is 238 g/mol. The van der Waals surface area contributed by atoms with Crippen molar-refractivity contribution >= 4 is 27.7 Å². The highest BCUT2D eigenvalue weighted by Gasteiger charge is 2.03. The third kappa shape index (κ3) is 1.86. The summed E-state index contributed by atoms with van der Waals surface area (Å²) in [6.45, 7) is 0. The first kappa shape index (κ1) is 10.6. The molecule has 3 nitrogen and oxygen atoms in total. The molecule has 0 radical (unpaired) electrons. The van der Waals surface area contributed by atoms with Gasteiger partial charge in [0.1, 0.15) is 5.75 Å². The Morgan fingerprint density at radius 1 is 0.833 bits per heavy atom. The average Bonchev–Trinajstić information content (AvgIpc) is 2.35. The second-order valence-electron chi connectivity index (χ2n) is 4.08. The molecule has 3 aromatic rings. The zero-order valence-corrected chi connectivity index (χ0v) is 9.46. The summed E-state index contributed by atoms with van der Waals surface area (Å²) in [5.74, 6) is 0.338. The highest BCUT2D eigenvalue weighted by Crippen LogP contribution is 2.26. The predicted octanol–water partition coefficient (Wildman–Crippen LogP) is 4.05. The fraction of sp³-hybridized carbons (Fsp3) is 0. The van der Waals surface area contributed by atoms with Crippen LogP contribution in [0.25, 0.3) is 21.5 Å². The van der Waals surface area contributed by atoms with Gasteiger partial charge in [-0.05, 0) is 45.8 Å². The number of carboxylic acid groups (broad SMARTS) is 1. The molecule has 0 aliphatic carbocycles. The number of benzene rings is 3. The second-order valence-corrected chi connectivity index (χ2v) is 4.08. The van der Waals surface area contributed by atoms with Gasteiger partial charge < -0.3 is 9.84 Å². The largest absolute Gasteiger partial charge is 0.511 e. The van der Waals surface area contributed by atoms with Gasteiger partial charge in [0.25, 0.3) is 0 Å². The van der Waals surface area contributed by atoms with E-state index in [1.165, 1.54) is 0 Å². The lowest BCUT2D eigenvalue weighted by atomic mass is 10.0. The van der Waals surface area contributed by atoms with E-state index in [-0.39, 0.29) is 0 Å². The third-order valence-electron chi connectivity index (χ3n) is 2.88. The van der Waals surface area contributed by atoms with Crippen LogP contribution in [-0.4, -0.2) is 11.3 Å². The van der Waals surface area contributed by atoms with Crippen molar-refractivity contribution in [1.29, 1.82) is 0 Å². The smallest absolute Gasteiger partial charge is 0.449 e. The fourth-order valence-corrected chi connectivity index (χ4v) is 2.08. The Morgan fingerprint density at radius 3 is 2.11 bits per heavy atom. The summed E-state index contributed by atoms with van der Waals surface area (Å²) in [7, 11) is 0. The molecule has 0 aromatic heterocycles. The normalized spacial score (nSPS) is 10.7. The molecule has 0 amide bonds. The summed E-state index contributed by atoms with van der Waals surface area (Å²) >= 11 is 0. The molecule has 0 saturated carbocycles. The van der Waals surface area contributed by atoms with Gasteiger partial charge in [-0.15, -0.1) is 0 Å². The minimum atomic E-state index is -1.30. The van der Waals surface area contributed by atoms with Crippen molar-refractivity contribution in [3.05, 3.63) is 54.6 Å². The summed E-state index contributed by atoms with van der Waals surface area (Å²) in [6, 6.07) is 17.4. The van der Waals surface area contributed by atoms with Gasteiger partial charge in [0.05, 0.1) is 0 Å². The number of rotatable bonds is 1. The number of hydrogen-bond donors (Lipinski definition) is 1. The highest BCUT2D eigenvalue weighted by atomic mass is 16.7. The maximum atomic E-state index is 10.5. The Labute approximate surface area is 103 Å². The Hall–Kier alpha value is -2.55. The van der Waals surface area contributed by atoms with E-state index in [1.54, 1.807) is 12.1 Å². The van der Waals surface area contributed by atoms with E-state index in [0.717, 1.165) is 21.5 Å². The molecule has 0 aliphatic rings. The van der Waals surface area contributed by atoms with Gasteiger partial charge in [0.15, 0.2) is 0 Å². The van der Waals surface area contributed by atoms with E-state index in [1.807, 2.05) is 30.3 Å². The van der Waals surface area contributed by atoms with Crippen LogP contribution in [-0.2, 0) is 0 Å². The molecule has 0 saturated heterocycles. The van der Waals surface area contributed by atoms with Gasteiger partial charge >= 0.3 is 6.16 Å². The molecule has 3 rings (SSSR count). The maximum absolute atomic E-state index is 10.5. The summed E-state index contributed by atoms with van der Waals surface area (Å²) in [5, 5.41) is 12.9. The molecule has 1 N–H and O–H groups in total. The van der Waals surface area contributed by atoms with E-state index < -0.39 is 6.16 Å². The lowest BCUT2D eigenvalue weighted by molar-refractivity contribution is 0.144. The van der Waals surface area contributed by atoms with Crippen LogP contribution in [0.4, 0.5) is 4.79 Å². The van der Waals surface area contributed by atoms with E-state index >= 15 is 0 Å². The molecule has 0 unspecified atom stereocenters. The van der Waals surface area contributed by atoms with Crippen molar-refractivity contribution in [2.45, 2.75) is 0 Å². The number of hydrogen-bond acceptors (Lipinski definition) is 2. The van der Waals surface area contributed by atoms with Gasteiger partial charge in [0, 0.05) is 0 Å². The van der Waals surface area contributed by atoms with Crippen LogP contribution in [0.15, 0.2) is 54.6 Å². The van der Waals surface area contributed by atoms with Crippen molar-refractivity contribution in [2.75, 3.05) is 0 Å². The number of carbonyl (C=O) groups is 1. The molecule has 3 heteroatoms. The van der Waals surface area contributed by atoms with E-state index in [9.17, 15) is 4.79 Å². The molecular weight excluding hydrogens is 228 g/mol. The van der Waals surface area contributed by atoms with Crippen LogP contribution in [0.3, 0.4) is 0 Å². The molecule has 0 aliphatic heterocycles. The molecule has 18 heavy (non-hydrogen) atoms. The van der Waals surface area contributed by atoms with Crippen LogP contribution in [0.5, 0.6) is 5.75 Å². The molecular formula is C15H10O3. The summed E-state index contributed by atoms with van der Waals surface area (Å²) < 4.78 is 4.65. The first-order chi connectivity index (χ1) is 8.72. The summed E-state index contributed by atoms with van der Waals surface area (Å²) in [6.07, 6.45) is -1.30. The topological polar surface area (TPSA) is 46.5 Å². The zero-order chi connectivity index (χ0) is 12.5. The number of fused-ring (bicyclic) bond motifs is 2. The third-order valence-corrected chi connectivity index (χ3v) is 2.88. The van der Waals surface area contributed by atoms with E-state index in [2.05, 4.69) is 16.9 Å². The summed E-state index contributed by atoms with van der Waals surface area (Å²) in [5.41, 5.74) is 0. The van der Waals surface area contributed by atoms with Crippen molar-refractivity contribution in [3.8, 4) is 5.75 Å². The summed E-state index contributed by atoms with van der Waals surface area (Å²) in [4.78, 5) is 10.5. The Morgan fingerprint density at radius 2 is 1.44 bits per heavy atom. The highest BCUT2D eigenvalue weighted by molar-refractivity contribution is 5.98. The molecule has 88 valence electrons. The Balaban J connectivity index is 2.20. The second kappa shape index (κ2) is 4.04. The van der Waals surface area contributed by atoms with Crippen LogP contribution in [0, 0.1) is 0 Å². The minimum absolute atomic E-state index is 0.338. The van der Waals surface area contributed by atoms with Gasteiger partial charge in [-0.3, -0.25) is 0 Å². The lowest BCUT2D eigenvalue weighted by Gasteiger charge is -2.04. The standard InChI is InChI=1S/C15H10O3/c16-15(17)18-14-6-5-12-7-10-3-1-2-4-11(10)8-13(12)9-14/h1-9H,(H,16,17). The molecule has 0 bridgehead atoms. The van der Waals surface area contributed by atoms with Crippen molar-refractivity contribution in [3.63, 3.8) is 0 Å². The SMILES string of the molecule is O=C(O)Oc1ccc2cc3ccccc3cc2c1. The monoisotopic (exact) mass is 238 g/mol. The first-order valence-corrected chi connectivity index (χ1v) is 5.56. The zero-order valence-electron chi connectivity index (χ0n) is 9.46. The van der Waals surface area contributed by atoms with Crippen LogP contribution < -0.4 is 4.74 Å².